The van der Waals surface area contributed by atoms with Crippen LogP contribution in [0.5, 0.6) is 0 Å². The molecule has 2 aromatic rings. The van der Waals surface area contributed by atoms with Crippen molar-refractivity contribution in [3.8, 4) is 0 Å². The number of halogens is 5. The molecule has 0 saturated carbocycles. The number of hydrogen-bond acceptors (Lipinski definition) is 3. The molecule has 118 valence electrons. The second kappa shape index (κ2) is 6.71. The van der Waals surface area contributed by atoms with Crippen molar-refractivity contribution in [2.24, 2.45) is 0 Å². The van der Waals surface area contributed by atoms with Gasteiger partial charge >= 0.3 is 6.18 Å². The number of nitrogens with one attached hydrogen (secondary N) is 1. The number of nitrogens with zero attached hydrogens (tertiary/aromatic N) is 2. The highest BCUT2D eigenvalue weighted by atomic mass is 35.5. The van der Waals surface area contributed by atoms with Crippen molar-refractivity contribution in [1.29, 1.82) is 0 Å². The lowest BCUT2D eigenvalue weighted by atomic mass is 10.0. The molecule has 0 atom stereocenters. The van der Waals surface area contributed by atoms with Gasteiger partial charge in [0.25, 0.3) is 0 Å². The van der Waals surface area contributed by atoms with Gasteiger partial charge in [0, 0.05) is 11.6 Å². The molecule has 0 unspecified atom stereocenters. The average molecular weight is 350 g/mol. The van der Waals surface area contributed by atoms with Crippen LogP contribution >= 0.6 is 23.2 Å². The highest BCUT2D eigenvalue weighted by Gasteiger charge is 2.33. The minimum absolute atomic E-state index is 0.0542. The Morgan fingerprint density at radius 3 is 2.59 bits per heavy atom. The first-order valence-corrected chi connectivity index (χ1v) is 7.11. The second-order valence-electron chi connectivity index (χ2n) is 4.60. The summed E-state index contributed by atoms with van der Waals surface area (Å²) in [6.07, 6.45) is -2.94. The summed E-state index contributed by atoms with van der Waals surface area (Å²) in [5.74, 6) is 0.400. The largest absolute Gasteiger partial charge is 0.416 e. The summed E-state index contributed by atoms with van der Waals surface area (Å²) < 4.78 is 38.9. The van der Waals surface area contributed by atoms with E-state index < -0.39 is 11.7 Å². The van der Waals surface area contributed by atoms with Gasteiger partial charge in [-0.05, 0) is 31.0 Å². The Labute approximate surface area is 135 Å². The van der Waals surface area contributed by atoms with E-state index in [0.717, 1.165) is 6.07 Å². The molecule has 0 aliphatic rings. The highest BCUT2D eigenvalue weighted by Crippen LogP contribution is 2.34. The Balaban J connectivity index is 2.11. The molecule has 0 radical (unpaired) electrons. The first kappa shape index (κ1) is 16.8. The first-order valence-electron chi connectivity index (χ1n) is 6.35. The minimum Gasteiger partial charge on any atom is -0.368 e. The highest BCUT2D eigenvalue weighted by molar-refractivity contribution is 6.33. The number of aromatic nitrogens is 2. The zero-order valence-corrected chi connectivity index (χ0v) is 13.0. The number of hydrogen-bond donors (Lipinski definition) is 1. The molecular formula is C14H12Cl2F3N3. The Morgan fingerprint density at radius 2 is 1.91 bits per heavy atom. The molecule has 1 aromatic carbocycles. The maximum Gasteiger partial charge on any atom is 0.416 e. The van der Waals surface area contributed by atoms with Gasteiger partial charge in [-0.15, -0.1) is 0 Å². The summed E-state index contributed by atoms with van der Waals surface area (Å²) in [5.41, 5.74) is 0.0275. The Hall–Kier alpha value is -1.53. The van der Waals surface area contributed by atoms with E-state index in [9.17, 15) is 13.2 Å². The van der Waals surface area contributed by atoms with Crippen molar-refractivity contribution in [3.05, 3.63) is 51.4 Å². The van der Waals surface area contributed by atoms with Gasteiger partial charge in [-0.25, -0.2) is 9.97 Å². The van der Waals surface area contributed by atoms with Crippen LogP contribution in [0.1, 0.15) is 16.8 Å². The van der Waals surface area contributed by atoms with E-state index in [0.29, 0.717) is 16.5 Å². The van der Waals surface area contributed by atoms with Crippen molar-refractivity contribution in [3.63, 3.8) is 0 Å². The van der Waals surface area contributed by atoms with Crippen molar-refractivity contribution >= 4 is 29.0 Å². The molecule has 1 aromatic heterocycles. The fourth-order valence-electron chi connectivity index (χ4n) is 1.93. The maximum atomic E-state index is 13.0. The van der Waals surface area contributed by atoms with Gasteiger partial charge in [-0.1, -0.05) is 29.3 Å². The SMILES string of the molecule is Cc1ncnc(NCCc2ccc(Cl)cc2C(F)(F)F)c1Cl. The van der Waals surface area contributed by atoms with Crippen molar-refractivity contribution < 1.29 is 13.2 Å². The third-order valence-electron chi connectivity index (χ3n) is 3.03. The molecule has 0 saturated heterocycles. The predicted molar refractivity (Wildman–Crippen MR) is 80.4 cm³/mol. The summed E-state index contributed by atoms with van der Waals surface area (Å²) in [7, 11) is 0. The third-order valence-corrected chi connectivity index (χ3v) is 3.72. The van der Waals surface area contributed by atoms with Crippen LogP contribution in [0.25, 0.3) is 0 Å². The van der Waals surface area contributed by atoms with E-state index in [-0.39, 0.29) is 23.6 Å². The van der Waals surface area contributed by atoms with Gasteiger partial charge in [-0.2, -0.15) is 13.2 Å². The van der Waals surface area contributed by atoms with E-state index >= 15 is 0 Å². The van der Waals surface area contributed by atoms with Crippen molar-refractivity contribution in [2.75, 3.05) is 11.9 Å². The Bertz CT molecular complexity index is 675. The smallest absolute Gasteiger partial charge is 0.368 e. The van der Waals surface area contributed by atoms with E-state index in [1.807, 2.05) is 0 Å². The van der Waals surface area contributed by atoms with Gasteiger partial charge in [-0.3, -0.25) is 0 Å². The molecule has 8 heteroatoms. The molecule has 22 heavy (non-hydrogen) atoms. The summed E-state index contributed by atoms with van der Waals surface area (Å²) in [6, 6.07) is 3.74. The normalized spacial score (nSPS) is 11.5. The first-order chi connectivity index (χ1) is 10.3. The third kappa shape index (κ3) is 4.01. The van der Waals surface area contributed by atoms with Crippen molar-refractivity contribution in [2.45, 2.75) is 19.5 Å². The monoisotopic (exact) mass is 349 g/mol. The summed E-state index contributed by atoms with van der Waals surface area (Å²) in [5, 5.41) is 3.32. The maximum absolute atomic E-state index is 13.0. The number of rotatable bonds is 4. The molecule has 0 aliphatic carbocycles. The zero-order valence-electron chi connectivity index (χ0n) is 11.5. The molecule has 2 rings (SSSR count). The Morgan fingerprint density at radius 1 is 1.18 bits per heavy atom. The van der Waals surface area contributed by atoms with Gasteiger partial charge in [0.15, 0.2) is 0 Å². The summed E-state index contributed by atoms with van der Waals surface area (Å²) >= 11 is 11.7. The predicted octanol–water partition coefficient (Wildman–Crippen LogP) is 4.77. The zero-order chi connectivity index (χ0) is 16.3. The molecule has 1 N–H and O–H groups in total. The number of anilines is 1. The van der Waals surface area contributed by atoms with Crippen molar-refractivity contribution in [1.82, 2.24) is 9.97 Å². The minimum atomic E-state index is -4.44. The van der Waals surface area contributed by atoms with Crippen LogP contribution in [0.3, 0.4) is 0 Å². The van der Waals surface area contributed by atoms with Crippen LogP contribution in [-0.4, -0.2) is 16.5 Å². The van der Waals surface area contributed by atoms with Crippen LogP contribution in [-0.2, 0) is 12.6 Å². The molecule has 3 nitrogen and oxygen atoms in total. The fraction of sp³-hybridized carbons (Fsp3) is 0.286. The molecule has 0 aliphatic heterocycles. The lowest BCUT2D eigenvalue weighted by Crippen LogP contribution is -2.13. The van der Waals surface area contributed by atoms with Crippen LogP contribution in [0, 0.1) is 6.92 Å². The number of alkyl halides is 3. The molecule has 0 fully saturated rings. The van der Waals surface area contributed by atoms with E-state index in [1.165, 1.54) is 18.5 Å². The lowest BCUT2D eigenvalue weighted by molar-refractivity contribution is -0.138. The average Bonchev–Trinajstić information content (AvgIpc) is 2.44. The van der Waals surface area contributed by atoms with E-state index in [1.54, 1.807) is 6.92 Å². The Kier molecular flexibility index (Phi) is 5.13. The summed E-state index contributed by atoms with van der Waals surface area (Å²) in [6.45, 7) is 1.97. The second-order valence-corrected chi connectivity index (χ2v) is 5.41. The van der Waals surface area contributed by atoms with Gasteiger partial charge in [0.2, 0.25) is 0 Å². The van der Waals surface area contributed by atoms with Gasteiger partial charge < -0.3 is 5.32 Å². The van der Waals surface area contributed by atoms with E-state index in [4.69, 9.17) is 23.2 Å². The van der Waals surface area contributed by atoms with Crippen LogP contribution < -0.4 is 5.32 Å². The van der Waals surface area contributed by atoms with Gasteiger partial charge in [0.1, 0.15) is 17.2 Å². The molecule has 1 heterocycles. The molecule has 0 bridgehead atoms. The van der Waals surface area contributed by atoms with Gasteiger partial charge in [0.05, 0.1) is 11.3 Å². The number of aryl methyl sites for hydroxylation is 1. The lowest BCUT2D eigenvalue weighted by Gasteiger charge is -2.14. The fourth-order valence-corrected chi connectivity index (χ4v) is 2.26. The van der Waals surface area contributed by atoms with Crippen LogP contribution in [0.15, 0.2) is 24.5 Å². The van der Waals surface area contributed by atoms with Crippen LogP contribution in [0.4, 0.5) is 19.0 Å². The molecule has 0 amide bonds. The van der Waals surface area contributed by atoms with E-state index in [2.05, 4.69) is 15.3 Å². The standard InChI is InChI=1S/C14H12Cl2F3N3/c1-8-12(16)13(22-7-21-8)20-5-4-9-2-3-10(15)6-11(9)14(17,18)19/h2-3,6-7H,4-5H2,1H3,(H,20,21,22). The summed E-state index contributed by atoms with van der Waals surface area (Å²) in [4.78, 5) is 7.87. The topological polar surface area (TPSA) is 37.8 Å². The van der Waals surface area contributed by atoms with Crippen LogP contribution in [0.2, 0.25) is 10.0 Å². The molecular weight excluding hydrogens is 338 g/mol. The quantitative estimate of drug-likeness (QED) is 0.864. The number of benzene rings is 1. The molecule has 0 spiro atoms.